The van der Waals surface area contributed by atoms with Gasteiger partial charge in [-0.05, 0) is 90.0 Å². The number of para-hydroxylation sites is 2. The number of furan rings is 3. The SMILES string of the molecule is c1ccc(-c2nc3cc4oc5ccc(-c6ccc(N(c7ccc8c(c7)oc7ccccc78)c7ccc8c(c7)oc7ccccc78)cc6)cc5c4cc3o2)cc1. The molecule has 8 aromatic carbocycles. The van der Waals surface area contributed by atoms with E-state index >= 15 is 0 Å². The Kier molecular flexibility index (Phi) is 6.24. The van der Waals surface area contributed by atoms with Crippen LogP contribution in [0.4, 0.5) is 17.1 Å². The van der Waals surface area contributed by atoms with Gasteiger partial charge >= 0.3 is 0 Å². The van der Waals surface area contributed by atoms with Crippen LogP contribution in [-0.2, 0) is 0 Å². The minimum Gasteiger partial charge on any atom is -0.456 e. The molecule has 0 spiro atoms. The molecule has 0 aliphatic heterocycles. The van der Waals surface area contributed by atoms with E-state index in [1.165, 1.54) is 0 Å². The third-order valence-electron chi connectivity index (χ3n) is 10.7. The summed E-state index contributed by atoms with van der Waals surface area (Å²) in [6.07, 6.45) is 0. The summed E-state index contributed by atoms with van der Waals surface area (Å²) in [7, 11) is 0. The van der Waals surface area contributed by atoms with Gasteiger partial charge in [0.1, 0.15) is 39.0 Å². The smallest absolute Gasteiger partial charge is 0.227 e. The summed E-state index contributed by atoms with van der Waals surface area (Å²) in [5.74, 6) is 0.595. The highest BCUT2D eigenvalue weighted by atomic mass is 16.4. The van der Waals surface area contributed by atoms with Gasteiger partial charge in [-0.2, -0.15) is 0 Å². The lowest BCUT2D eigenvalue weighted by Gasteiger charge is -2.25. The van der Waals surface area contributed by atoms with Crippen LogP contribution in [0.25, 0.3) is 99.5 Å². The second-order valence-corrected chi connectivity index (χ2v) is 14.0. The molecule has 0 bridgehead atoms. The maximum Gasteiger partial charge on any atom is 0.227 e. The first-order chi connectivity index (χ1) is 27.2. The predicted octanol–water partition coefficient (Wildman–Crippen LogP) is 14.3. The summed E-state index contributed by atoms with van der Waals surface area (Å²) in [5, 5.41) is 6.40. The van der Waals surface area contributed by atoms with Crippen LogP contribution < -0.4 is 4.90 Å². The van der Waals surface area contributed by atoms with Crippen LogP contribution >= 0.6 is 0 Å². The van der Waals surface area contributed by atoms with E-state index in [9.17, 15) is 0 Å². The Morgan fingerprint density at radius 3 is 1.51 bits per heavy atom. The van der Waals surface area contributed by atoms with Crippen molar-refractivity contribution in [2.24, 2.45) is 0 Å². The first-order valence-electron chi connectivity index (χ1n) is 18.3. The molecule has 4 aromatic heterocycles. The number of oxazole rings is 1. The van der Waals surface area contributed by atoms with Gasteiger partial charge in [0.2, 0.25) is 5.89 Å². The van der Waals surface area contributed by atoms with Crippen LogP contribution in [0.3, 0.4) is 0 Å². The zero-order valence-corrected chi connectivity index (χ0v) is 29.2. The molecule has 12 rings (SSSR count). The number of nitrogens with zero attached hydrogens (tertiary/aromatic N) is 2. The second-order valence-electron chi connectivity index (χ2n) is 14.0. The van der Waals surface area contributed by atoms with Crippen molar-refractivity contribution in [3.05, 3.63) is 170 Å². The monoisotopic (exact) mass is 708 g/mol. The van der Waals surface area contributed by atoms with Crippen LogP contribution in [0.5, 0.6) is 0 Å². The van der Waals surface area contributed by atoms with E-state index in [1.807, 2.05) is 84.9 Å². The molecule has 4 heterocycles. The fourth-order valence-electron chi connectivity index (χ4n) is 8.04. The van der Waals surface area contributed by atoms with E-state index in [0.717, 1.165) is 111 Å². The lowest BCUT2D eigenvalue weighted by atomic mass is 10.0. The number of hydrogen-bond acceptors (Lipinski definition) is 6. The topological polar surface area (TPSA) is 68.7 Å². The molecule has 0 aliphatic carbocycles. The third kappa shape index (κ3) is 4.71. The standard InChI is InChI=1S/C49H28N2O4/c1-2-8-30(9-3-1)49-50-41-28-47-40(27-48(41)55-49)39-24-31(16-23-44(39)54-47)29-14-17-32(18-15-29)51(33-19-21-37-35-10-4-6-12-42(35)52-45(37)25-33)34-20-22-38-36-11-5-7-13-43(36)53-46(38)26-34/h1-28H. The van der Waals surface area contributed by atoms with Crippen LogP contribution in [0.15, 0.2) is 188 Å². The molecule has 12 aromatic rings. The first kappa shape index (κ1) is 29.9. The Hall–Kier alpha value is -7.57. The molecule has 0 N–H and O–H groups in total. The number of fused-ring (bicyclic) bond motifs is 10. The van der Waals surface area contributed by atoms with E-state index in [1.54, 1.807) is 0 Å². The molecule has 0 aliphatic rings. The van der Waals surface area contributed by atoms with Gasteiger partial charge in [-0.1, -0.05) is 72.8 Å². The quantitative estimate of drug-likeness (QED) is 0.177. The Morgan fingerprint density at radius 2 is 0.836 bits per heavy atom. The fourth-order valence-corrected chi connectivity index (χ4v) is 8.04. The van der Waals surface area contributed by atoms with Gasteiger partial charge in [0, 0.05) is 73.1 Å². The van der Waals surface area contributed by atoms with Gasteiger partial charge in [-0.15, -0.1) is 0 Å². The van der Waals surface area contributed by atoms with Crippen LogP contribution in [0.2, 0.25) is 0 Å². The minimum absolute atomic E-state index is 0.595. The van der Waals surface area contributed by atoms with E-state index in [0.29, 0.717) is 5.89 Å². The molecule has 0 unspecified atom stereocenters. The molecule has 0 fully saturated rings. The molecule has 0 amide bonds. The molecule has 55 heavy (non-hydrogen) atoms. The van der Waals surface area contributed by atoms with E-state index in [-0.39, 0.29) is 0 Å². The zero-order chi connectivity index (χ0) is 36.0. The molecular formula is C49H28N2O4. The highest BCUT2D eigenvalue weighted by molar-refractivity contribution is 6.10. The van der Waals surface area contributed by atoms with Crippen LogP contribution in [0.1, 0.15) is 0 Å². The molecular weight excluding hydrogens is 681 g/mol. The molecule has 0 saturated carbocycles. The predicted molar refractivity (Wildman–Crippen MR) is 221 cm³/mol. The molecule has 0 radical (unpaired) electrons. The summed E-state index contributed by atoms with van der Waals surface area (Å²) >= 11 is 0. The zero-order valence-electron chi connectivity index (χ0n) is 29.2. The summed E-state index contributed by atoms with van der Waals surface area (Å²) in [4.78, 5) is 7.00. The fraction of sp³-hybridized carbons (Fsp3) is 0. The number of benzene rings is 8. The van der Waals surface area contributed by atoms with Gasteiger partial charge in [0.15, 0.2) is 5.58 Å². The number of aromatic nitrogens is 1. The Morgan fingerprint density at radius 1 is 0.309 bits per heavy atom. The van der Waals surface area contributed by atoms with Crippen molar-refractivity contribution in [1.29, 1.82) is 0 Å². The molecule has 0 saturated heterocycles. The van der Waals surface area contributed by atoms with Crippen molar-refractivity contribution < 1.29 is 17.7 Å². The molecule has 0 atom stereocenters. The van der Waals surface area contributed by atoms with Gasteiger partial charge in [-0.25, -0.2) is 4.98 Å². The van der Waals surface area contributed by atoms with Crippen molar-refractivity contribution in [2.45, 2.75) is 0 Å². The highest BCUT2D eigenvalue weighted by Crippen LogP contribution is 2.42. The largest absolute Gasteiger partial charge is 0.456 e. The lowest BCUT2D eigenvalue weighted by molar-refractivity contribution is 0.620. The highest BCUT2D eigenvalue weighted by Gasteiger charge is 2.19. The van der Waals surface area contributed by atoms with Crippen molar-refractivity contribution in [2.75, 3.05) is 4.90 Å². The van der Waals surface area contributed by atoms with E-state index in [2.05, 4.69) is 89.8 Å². The van der Waals surface area contributed by atoms with E-state index in [4.69, 9.17) is 22.7 Å². The average molecular weight is 709 g/mol. The number of anilines is 3. The Labute approximate surface area is 313 Å². The Bertz CT molecular complexity index is 3330. The normalized spacial score (nSPS) is 12.0. The maximum absolute atomic E-state index is 6.34. The lowest BCUT2D eigenvalue weighted by Crippen LogP contribution is -2.09. The summed E-state index contributed by atoms with van der Waals surface area (Å²) in [6, 6.07) is 58.2. The second kappa shape index (κ2) is 11.5. The van der Waals surface area contributed by atoms with E-state index < -0.39 is 0 Å². The van der Waals surface area contributed by atoms with Gasteiger partial charge in [-0.3, -0.25) is 0 Å². The van der Waals surface area contributed by atoms with Crippen molar-refractivity contribution >= 4 is 94.0 Å². The average Bonchev–Trinajstić information content (AvgIpc) is 4.01. The maximum atomic E-state index is 6.34. The van der Waals surface area contributed by atoms with Crippen LogP contribution in [-0.4, -0.2) is 4.98 Å². The van der Waals surface area contributed by atoms with Crippen molar-refractivity contribution in [3.8, 4) is 22.6 Å². The van der Waals surface area contributed by atoms with Gasteiger partial charge in [0.05, 0.1) is 0 Å². The van der Waals surface area contributed by atoms with Crippen molar-refractivity contribution in [3.63, 3.8) is 0 Å². The summed E-state index contributed by atoms with van der Waals surface area (Å²) in [6.45, 7) is 0. The minimum atomic E-state index is 0.595. The number of hydrogen-bond donors (Lipinski definition) is 0. The molecule has 258 valence electrons. The van der Waals surface area contributed by atoms with Gasteiger partial charge < -0.3 is 22.6 Å². The number of rotatable bonds is 5. The third-order valence-corrected chi connectivity index (χ3v) is 10.7. The molecule has 6 nitrogen and oxygen atoms in total. The first-order valence-corrected chi connectivity index (χ1v) is 18.3. The van der Waals surface area contributed by atoms with Crippen LogP contribution in [0, 0.1) is 0 Å². The summed E-state index contributed by atoms with van der Waals surface area (Å²) < 4.78 is 25.2. The Balaban J connectivity index is 0.957. The van der Waals surface area contributed by atoms with Crippen molar-refractivity contribution in [1.82, 2.24) is 4.98 Å². The molecule has 6 heteroatoms. The van der Waals surface area contributed by atoms with Gasteiger partial charge in [0.25, 0.3) is 0 Å². The summed E-state index contributed by atoms with van der Waals surface area (Å²) in [5.41, 5.74) is 12.6.